The van der Waals surface area contributed by atoms with Crippen molar-refractivity contribution in [3.8, 4) is 0 Å². The molecule has 8 aromatic carbocycles. The van der Waals surface area contributed by atoms with Crippen LogP contribution in [-0.2, 0) is 93.7 Å². The van der Waals surface area contributed by atoms with Crippen molar-refractivity contribution >= 4 is 94.2 Å². The number of hydrogen-bond acceptors (Lipinski definition) is 18. The molecule has 0 spiro atoms. The van der Waals surface area contributed by atoms with Gasteiger partial charge in [-0.05, 0) is 82.2 Å². The van der Waals surface area contributed by atoms with Crippen molar-refractivity contribution in [1.29, 1.82) is 0 Å². The van der Waals surface area contributed by atoms with Crippen LogP contribution >= 0.6 is 0 Å². The Morgan fingerprint density at radius 3 is 1.01 bits per heavy atom. The van der Waals surface area contributed by atoms with E-state index in [0.717, 1.165) is 75.8 Å². The Kier molecular flexibility index (Phi) is 32.7. The average Bonchev–Trinajstić information content (AvgIpc) is 0.754. The third kappa shape index (κ3) is 24.7. The van der Waals surface area contributed by atoms with Crippen molar-refractivity contribution in [1.82, 2.24) is 21.3 Å². The molecule has 0 bridgehead atoms. The Labute approximate surface area is 554 Å². The maximum atomic E-state index is 14.3. The van der Waals surface area contributed by atoms with Crippen molar-refractivity contribution in [2.45, 2.75) is 50.6 Å². The second-order valence-electron chi connectivity index (χ2n) is 22.6. The van der Waals surface area contributed by atoms with Gasteiger partial charge in [0, 0.05) is 51.7 Å². The molecule has 0 fully saturated rings. The van der Waals surface area contributed by atoms with Gasteiger partial charge in [-0.1, -0.05) is 109 Å². The molecule has 0 saturated carbocycles. The fraction of sp³-hybridized carbons (Fsp3) is 0.486. The van der Waals surface area contributed by atoms with Gasteiger partial charge in [-0.3, -0.25) is 24.0 Å². The Bertz CT molecular complexity index is 3540. The summed E-state index contributed by atoms with van der Waals surface area (Å²) in [7, 11) is 0. The van der Waals surface area contributed by atoms with Crippen molar-refractivity contribution < 1.29 is 80.8 Å². The standard InChI is InChI=1S/C72H94N6O17/c73-23-28-86-32-36-90-40-44-94-48-46-93-43-39-89-35-31-85-27-22-66(81)78-62(50-58-15-13-56-11-9-52-4-1-6-54-17-19-60(58)69(56)67(52)54)71(82)75-24-3-8-65(80)77-63(51-59-16-14-57-12-10-53-5-2-7-55-18-20-61(59)70(57)68(53)55)72(83)76-25-29-87-33-37-91-41-45-95-49-47-92-42-38-88-34-30-84-26-21-64(74)79/h1-2,4-7,9-20,62-63H,3,8,21-51,73H2,(H2,74,79)(H,75,82)(H,76,83)(H,77,80)(H,78,81)/t62-,63-/m0/s1. The second-order valence-corrected chi connectivity index (χ2v) is 22.6. The summed E-state index contributed by atoms with van der Waals surface area (Å²) in [5.74, 6) is -1.87. The highest BCUT2D eigenvalue weighted by Crippen LogP contribution is 2.38. The molecule has 514 valence electrons. The zero-order valence-electron chi connectivity index (χ0n) is 54.5. The molecule has 0 aliphatic heterocycles. The first-order chi connectivity index (χ1) is 46.7. The fourth-order valence-corrected chi connectivity index (χ4v) is 11.1. The van der Waals surface area contributed by atoms with Crippen molar-refractivity contribution in [3.63, 3.8) is 0 Å². The zero-order chi connectivity index (χ0) is 66.5. The molecule has 0 radical (unpaired) electrons. The predicted molar refractivity (Wildman–Crippen MR) is 364 cm³/mol. The van der Waals surface area contributed by atoms with Crippen LogP contribution in [0.2, 0.25) is 0 Å². The lowest BCUT2D eigenvalue weighted by Crippen LogP contribution is -2.49. The van der Waals surface area contributed by atoms with Gasteiger partial charge in [-0.25, -0.2) is 0 Å². The monoisotopic (exact) mass is 1310 g/mol. The number of amides is 5. The average molecular weight is 1320 g/mol. The number of primary amides is 1. The summed E-state index contributed by atoms with van der Waals surface area (Å²) in [6, 6.07) is 35.5. The largest absolute Gasteiger partial charge is 0.379 e. The molecule has 5 amide bonds. The lowest BCUT2D eigenvalue weighted by Gasteiger charge is -2.21. The summed E-state index contributed by atoms with van der Waals surface area (Å²) >= 11 is 0. The van der Waals surface area contributed by atoms with Gasteiger partial charge in [0.25, 0.3) is 0 Å². The lowest BCUT2D eigenvalue weighted by molar-refractivity contribution is -0.130. The van der Waals surface area contributed by atoms with E-state index in [1.807, 2.05) is 24.3 Å². The fourth-order valence-electron chi connectivity index (χ4n) is 11.1. The summed E-state index contributed by atoms with van der Waals surface area (Å²) in [5, 5.41) is 25.1. The van der Waals surface area contributed by atoms with Gasteiger partial charge >= 0.3 is 0 Å². The molecule has 0 unspecified atom stereocenters. The Morgan fingerprint density at radius 1 is 0.326 bits per heavy atom. The van der Waals surface area contributed by atoms with E-state index in [9.17, 15) is 24.0 Å². The molecule has 0 heterocycles. The quantitative estimate of drug-likeness (QED) is 0.0198. The molecule has 8 rings (SSSR count). The number of hydrogen-bond donors (Lipinski definition) is 6. The van der Waals surface area contributed by atoms with Crippen LogP contribution in [0.4, 0.5) is 0 Å². The number of benzene rings is 8. The summed E-state index contributed by atoms with van der Waals surface area (Å²) in [6.07, 6.45) is 0.904. The molecular weight excluding hydrogens is 1220 g/mol. The number of ether oxygens (including phenoxy) is 12. The normalized spacial score (nSPS) is 12.4. The number of nitrogens with one attached hydrogen (secondary N) is 4. The topological polar surface area (TPSA) is 296 Å². The van der Waals surface area contributed by atoms with Gasteiger partial charge in [-0.2, -0.15) is 0 Å². The van der Waals surface area contributed by atoms with Crippen LogP contribution in [-0.4, -0.2) is 220 Å². The predicted octanol–water partition coefficient (Wildman–Crippen LogP) is 5.67. The highest BCUT2D eigenvalue weighted by molar-refractivity contribution is 6.24. The lowest BCUT2D eigenvalue weighted by atomic mass is 9.90. The minimum absolute atomic E-state index is 0.0131. The van der Waals surface area contributed by atoms with Crippen LogP contribution in [0.3, 0.4) is 0 Å². The minimum Gasteiger partial charge on any atom is -0.379 e. The van der Waals surface area contributed by atoms with Gasteiger partial charge < -0.3 is 89.6 Å². The van der Waals surface area contributed by atoms with Crippen molar-refractivity contribution in [2.24, 2.45) is 11.5 Å². The van der Waals surface area contributed by atoms with Gasteiger partial charge in [0.1, 0.15) is 12.1 Å². The highest BCUT2D eigenvalue weighted by Gasteiger charge is 2.26. The van der Waals surface area contributed by atoms with Crippen LogP contribution in [0, 0.1) is 0 Å². The smallest absolute Gasteiger partial charge is 0.243 e. The van der Waals surface area contributed by atoms with E-state index in [0.29, 0.717) is 139 Å². The van der Waals surface area contributed by atoms with Crippen LogP contribution in [0.15, 0.2) is 109 Å². The number of rotatable bonds is 53. The second kappa shape index (κ2) is 42.3. The van der Waals surface area contributed by atoms with E-state index in [1.165, 1.54) is 0 Å². The molecule has 95 heavy (non-hydrogen) atoms. The van der Waals surface area contributed by atoms with Gasteiger partial charge in [-0.15, -0.1) is 0 Å². The molecule has 0 saturated heterocycles. The molecule has 0 aromatic heterocycles. The number of nitrogens with two attached hydrogens (primary N) is 2. The van der Waals surface area contributed by atoms with Crippen LogP contribution in [0.5, 0.6) is 0 Å². The number of carbonyl (C=O) groups excluding carboxylic acids is 5. The first kappa shape index (κ1) is 73.5. The third-order valence-corrected chi connectivity index (χ3v) is 15.8. The molecule has 23 heteroatoms. The van der Waals surface area contributed by atoms with Gasteiger partial charge in [0.2, 0.25) is 29.5 Å². The molecule has 8 aromatic rings. The van der Waals surface area contributed by atoms with E-state index in [2.05, 4.69) is 106 Å². The Morgan fingerprint density at radius 2 is 0.632 bits per heavy atom. The van der Waals surface area contributed by atoms with E-state index >= 15 is 0 Å². The maximum Gasteiger partial charge on any atom is 0.243 e. The summed E-state index contributed by atoms with van der Waals surface area (Å²) in [4.78, 5) is 66.7. The van der Waals surface area contributed by atoms with Crippen LogP contribution in [0.1, 0.15) is 36.8 Å². The first-order valence-corrected chi connectivity index (χ1v) is 33.0. The van der Waals surface area contributed by atoms with Crippen LogP contribution < -0.4 is 32.7 Å². The zero-order valence-corrected chi connectivity index (χ0v) is 54.5. The highest BCUT2D eigenvalue weighted by atomic mass is 16.6. The first-order valence-electron chi connectivity index (χ1n) is 33.0. The van der Waals surface area contributed by atoms with Crippen molar-refractivity contribution in [3.05, 3.63) is 120 Å². The Hall–Kier alpha value is -7.33. The molecular formula is C72H94N6O17. The summed E-state index contributed by atoms with van der Waals surface area (Å²) < 4.78 is 66.3. The molecule has 0 aliphatic rings. The SMILES string of the molecule is NCCOCCOCCOCCOCCOCCOCCC(=O)N[C@@H](Cc1ccc2ccc3cccc4ccc1c2c34)C(=O)NCCCC(=O)N[C@@H](Cc1ccc2ccc3cccc4ccc1c2c34)C(=O)NCCOCCOCCOCCOCCOCCOCCC(N)=O. The van der Waals surface area contributed by atoms with Crippen molar-refractivity contribution in [2.75, 3.05) is 178 Å². The summed E-state index contributed by atoms with van der Waals surface area (Å²) in [5.41, 5.74) is 12.3. The van der Waals surface area contributed by atoms with Crippen LogP contribution in [0.25, 0.3) is 64.6 Å². The maximum absolute atomic E-state index is 14.3. The molecule has 2 atom stereocenters. The number of carbonyl (C=O) groups is 5. The minimum atomic E-state index is -0.950. The van der Waals surface area contributed by atoms with E-state index in [-0.39, 0.29) is 95.8 Å². The molecule has 23 nitrogen and oxygen atoms in total. The van der Waals surface area contributed by atoms with Gasteiger partial charge in [0.05, 0.1) is 159 Å². The van der Waals surface area contributed by atoms with Gasteiger partial charge in [0.15, 0.2) is 0 Å². The molecule has 0 aliphatic carbocycles. The van der Waals surface area contributed by atoms with E-state index < -0.39 is 23.9 Å². The van der Waals surface area contributed by atoms with E-state index in [4.69, 9.17) is 68.3 Å². The third-order valence-electron chi connectivity index (χ3n) is 15.8. The summed E-state index contributed by atoms with van der Waals surface area (Å²) in [6.45, 7) is 9.88. The molecule has 8 N–H and O–H groups in total. The van der Waals surface area contributed by atoms with E-state index in [1.54, 1.807) is 0 Å². The Balaban J connectivity index is 0.783.